The zero-order chi connectivity index (χ0) is 19.3. The second-order valence-corrected chi connectivity index (χ2v) is 6.52. The molecular formula is C23H20N4O. The fourth-order valence-corrected chi connectivity index (χ4v) is 3.05. The summed E-state index contributed by atoms with van der Waals surface area (Å²) in [5, 5.41) is 7.68. The van der Waals surface area contributed by atoms with Crippen molar-refractivity contribution in [3.63, 3.8) is 0 Å². The maximum absolute atomic E-state index is 13.0. The van der Waals surface area contributed by atoms with Crippen molar-refractivity contribution in [3.05, 3.63) is 102 Å². The molecule has 0 aliphatic rings. The van der Waals surface area contributed by atoms with Gasteiger partial charge in [-0.1, -0.05) is 42.5 Å². The van der Waals surface area contributed by atoms with Gasteiger partial charge in [0.25, 0.3) is 5.91 Å². The van der Waals surface area contributed by atoms with Gasteiger partial charge in [-0.3, -0.25) is 9.78 Å². The van der Waals surface area contributed by atoms with Crippen molar-refractivity contribution in [1.29, 1.82) is 0 Å². The van der Waals surface area contributed by atoms with E-state index >= 15 is 0 Å². The first kappa shape index (κ1) is 17.7. The van der Waals surface area contributed by atoms with E-state index in [0.29, 0.717) is 17.8 Å². The zero-order valence-electron chi connectivity index (χ0n) is 15.5. The molecule has 4 aromatic rings. The van der Waals surface area contributed by atoms with E-state index in [0.717, 1.165) is 22.4 Å². The Morgan fingerprint density at radius 3 is 2.54 bits per heavy atom. The smallest absolute Gasteiger partial charge is 0.255 e. The first-order valence-electron chi connectivity index (χ1n) is 9.10. The maximum atomic E-state index is 13.0. The number of aryl methyl sites for hydroxylation is 1. The summed E-state index contributed by atoms with van der Waals surface area (Å²) in [6, 6.07) is 21.5. The van der Waals surface area contributed by atoms with Gasteiger partial charge in [-0.25, -0.2) is 4.68 Å². The minimum Gasteiger partial charge on any atom is -0.348 e. The molecule has 0 saturated carbocycles. The Labute approximate surface area is 163 Å². The Bertz CT molecular complexity index is 1090. The Kier molecular flexibility index (Phi) is 4.97. The molecule has 1 amide bonds. The maximum Gasteiger partial charge on any atom is 0.255 e. The lowest BCUT2D eigenvalue weighted by Crippen LogP contribution is -2.23. The number of nitrogens with zero attached hydrogens (tertiary/aromatic N) is 3. The van der Waals surface area contributed by atoms with E-state index in [1.165, 1.54) is 0 Å². The van der Waals surface area contributed by atoms with Crippen molar-refractivity contribution in [3.8, 4) is 16.9 Å². The third kappa shape index (κ3) is 3.69. The van der Waals surface area contributed by atoms with Crippen LogP contribution in [0.25, 0.3) is 16.9 Å². The van der Waals surface area contributed by atoms with E-state index < -0.39 is 0 Å². The summed E-state index contributed by atoms with van der Waals surface area (Å²) in [6.07, 6.45) is 5.19. The number of benzene rings is 2. The summed E-state index contributed by atoms with van der Waals surface area (Å²) < 4.78 is 1.73. The Morgan fingerprint density at radius 1 is 1.00 bits per heavy atom. The number of aromatic nitrogens is 3. The molecule has 2 heterocycles. The molecule has 4 rings (SSSR count). The summed E-state index contributed by atoms with van der Waals surface area (Å²) in [7, 11) is 0. The molecule has 0 saturated heterocycles. The number of hydrogen-bond donors (Lipinski definition) is 1. The van der Waals surface area contributed by atoms with E-state index in [9.17, 15) is 4.79 Å². The molecule has 5 nitrogen and oxygen atoms in total. The van der Waals surface area contributed by atoms with E-state index in [4.69, 9.17) is 0 Å². The highest BCUT2D eigenvalue weighted by molar-refractivity contribution is 5.99. The van der Waals surface area contributed by atoms with Crippen LogP contribution in [0.15, 0.2) is 85.3 Å². The lowest BCUT2D eigenvalue weighted by molar-refractivity contribution is 0.0951. The Morgan fingerprint density at radius 2 is 1.79 bits per heavy atom. The van der Waals surface area contributed by atoms with Crippen LogP contribution >= 0.6 is 0 Å². The van der Waals surface area contributed by atoms with Crippen LogP contribution in [0, 0.1) is 6.92 Å². The summed E-state index contributed by atoms with van der Waals surface area (Å²) >= 11 is 0. The highest BCUT2D eigenvalue weighted by atomic mass is 16.1. The molecule has 0 spiro atoms. The summed E-state index contributed by atoms with van der Waals surface area (Å²) in [4.78, 5) is 17.2. The zero-order valence-corrected chi connectivity index (χ0v) is 15.5. The molecule has 2 aromatic carbocycles. The van der Waals surface area contributed by atoms with E-state index in [1.54, 1.807) is 23.3 Å². The fraction of sp³-hybridized carbons (Fsp3) is 0.0870. The molecule has 138 valence electrons. The van der Waals surface area contributed by atoms with Crippen molar-refractivity contribution >= 4 is 5.91 Å². The second-order valence-electron chi connectivity index (χ2n) is 6.52. The highest BCUT2D eigenvalue weighted by Crippen LogP contribution is 2.23. The number of rotatable bonds is 5. The second kappa shape index (κ2) is 7.88. The van der Waals surface area contributed by atoms with Crippen LogP contribution in [0.5, 0.6) is 0 Å². The van der Waals surface area contributed by atoms with Crippen molar-refractivity contribution in [1.82, 2.24) is 20.1 Å². The first-order valence-corrected chi connectivity index (χ1v) is 9.10. The van der Waals surface area contributed by atoms with Crippen LogP contribution in [0.3, 0.4) is 0 Å². The number of carbonyl (C=O) groups is 1. The molecule has 2 aromatic heterocycles. The number of pyridine rings is 1. The number of carbonyl (C=O) groups excluding carboxylic acids is 1. The quantitative estimate of drug-likeness (QED) is 0.575. The monoisotopic (exact) mass is 368 g/mol. The van der Waals surface area contributed by atoms with Crippen LogP contribution in [0.2, 0.25) is 0 Å². The molecule has 5 heteroatoms. The van der Waals surface area contributed by atoms with Gasteiger partial charge < -0.3 is 5.32 Å². The number of para-hydroxylation sites is 1. The van der Waals surface area contributed by atoms with E-state index in [2.05, 4.69) is 15.4 Å². The third-order valence-electron chi connectivity index (χ3n) is 4.62. The average molecular weight is 368 g/mol. The van der Waals surface area contributed by atoms with E-state index in [1.807, 2.05) is 73.7 Å². The van der Waals surface area contributed by atoms with Gasteiger partial charge in [0, 0.05) is 30.7 Å². The Hall–Kier alpha value is -3.73. The normalized spacial score (nSPS) is 10.6. The minimum absolute atomic E-state index is 0.163. The molecule has 0 radical (unpaired) electrons. The largest absolute Gasteiger partial charge is 0.348 e. The van der Waals surface area contributed by atoms with Crippen molar-refractivity contribution < 1.29 is 4.79 Å². The molecule has 0 unspecified atom stereocenters. The van der Waals surface area contributed by atoms with Crippen molar-refractivity contribution in [2.45, 2.75) is 13.5 Å². The molecule has 28 heavy (non-hydrogen) atoms. The highest BCUT2D eigenvalue weighted by Gasteiger charge is 2.18. The summed E-state index contributed by atoms with van der Waals surface area (Å²) in [6.45, 7) is 2.50. The lowest BCUT2D eigenvalue weighted by Gasteiger charge is -2.08. The molecular weight excluding hydrogens is 348 g/mol. The molecule has 1 N–H and O–H groups in total. The molecule has 0 bridgehead atoms. The number of nitrogens with one attached hydrogen (secondary N) is 1. The van der Waals surface area contributed by atoms with E-state index in [-0.39, 0.29) is 5.91 Å². The number of amides is 1. The van der Waals surface area contributed by atoms with Crippen molar-refractivity contribution in [2.24, 2.45) is 0 Å². The van der Waals surface area contributed by atoms with Gasteiger partial charge in [0.05, 0.1) is 11.3 Å². The van der Waals surface area contributed by atoms with Crippen molar-refractivity contribution in [2.75, 3.05) is 0 Å². The number of hydrogen-bond acceptors (Lipinski definition) is 3. The van der Waals surface area contributed by atoms with Gasteiger partial charge in [-0.2, -0.15) is 5.10 Å². The van der Waals surface area contributed by atoms with Crippen LogP contribution in [-0.4, -0.2) is 20.7 Å². The summed E-state index contributed by atoms with van der Waals surface area (Å²) in [5.41, 5.74) is 5.07. The Balaban J connectivity index is 1.67. The molecule has 0 aliphatic carbocycles. The van der Waals surface area contributed by atoms with Gasteiger partial charge in [0.1, 0.15) is 5.69 Å². The van der Waals surface area contributed by atoms with Gasteiger partial charge in [-0.15, -0.1) is 0 Å². The van der Waals surface area contributed by atoms with Crippen LogP contribution in [0.4, 0.5) is 0 Å². The van der Waals surface area contributed by atoms with Gasteiger partial charge in [0.15, 0.2) is 0 Å². The van der Waals surface area contributed by atoms with Crippen LogP contribution in [-0.2, 0) is 6.54 Å². The standard InChI is InChI=1S/C23H20N4O/c1-17-8-5-6-9-18(17)15-25-23(28)21-16-27(20-11-3-2-4-12-20)26-22(21)19-10-7-13-24-14-19/h2-14,16H,15H2,1H3,(H,25,28). The van der Waals surface area contributed by atoms with Gasteiger partial charge in [-0.05, 0) is 42.3 Å². The fourth-order valence-electron chi connectivity index (χ4n) is 3.05. The van der Waals surface area contributed by atoms with Gasteiger partial charge >= 0.3 is 0 Å². The topological polar surface area (TPSA) is 59.8 Å². The predicted molar refractivity (Wildman–Crippen MR) is 109 cm³/mol. The third-order valence-corrected chi connectivity index (χ3v) is 4.62. The predicted octanol–water partition coefficient (Wildman–Crippen LogP) is 4.17. The van der Waals surface area contributed by atoms with Gasteiger partial charge in [0.2, 0.25) is 0 Å². The van der Waals surface area contributed by atoms with Crippen LogP contribution in [0.1, 0.15) is 21.5 Å². The molecule has 0 aliphatic heterocycles. The lowest BCUT2D eigenvalue weighted by atomic mass is 10.1. The first-order chi connectivity index (χ1) is 13.7. The minimum atomic E-state index is -0.163. The molecule has 0 fully saturated rings. The van der Waals surface area contributed by atoms with Crippen LogP contribution < -0.4 is 5.32 Å². The summed E-state index contributed by atoms with van der Waals surface area (Å²) in [5.74, 6) is -0.163. The molecule has 0 atom stereocenters. The average Bonchev–Trinajstić information content (AvgIpc) is 3.20. The SMILES string of the molecule is Cc1ccccc1CNC(=O)c1cn(-c2ccccc2)nc1-c1cccnc1.